The number of benzene rings is 2. The highest BCUT2D eigenvalue weighted by Gasteiger charge is 2.11. The predicted molar refractivity (Wildman–Crippen MR) is 82.3 cm³/mol. The van der Waals surface area contributed by atoms with Crippen LogP contribution in [0.25, 0.3) is 0 Å². The summed E-state index contributed by atoms with van der Waals surface area (Å²) in [6.07, 6.45) is -0.600. The van der Waals surface area contributed by atoms with Crippen LogP contribution in [0, 0.1) is 27.7 Å². The summed E-state index contributed by atoms with van der Waals surface area (Å²) in [7, 11) is 0. The van der Waals surface area contributed by atoms with E-state index in [0.717, 1.165) is 22.4 Å². The zero-order valence-corrected chi connectivity index (χ0v) is 12.6. The summed E-state index contributed by atoms with van der Waals surface area (Å²) in [4.78, 5) is 0. The van der Waals surface area contributed by atoms with Gasteiger partial charge in [-0.3, -0.25) is 0 Å². The summed E-state index contributed by atoms with van der Waals surface area (Å²) >= 11 is 0. The molecule has 0 spiro atoms. The third kappa shape index (κ3) is 3.40. The van der Waals surface area contributed by atoms with Crippen LogP contribution < -0.4 is 4.74 Å². The molecule has 0 heterocycles. The summed E-state index contributed by atoms with van der Waals surface area (Å²) < 4.78 is 5.70. The van der Waals surface area contributed by atoms with Gasteiger partial charge in [-0.15, -0.1) is 0 Å². The zero-order chi connectivity index (χ0) is 14.7. The first-order chi connectivity index (χ1) is 9.47. The third-order valence-corrected chi connectivity index (χ3v) is 3.68. The van der Waals surface area contributed by atoms with Gasteiger partial charge >= 0.3 is 0 Å². The maximum Gasteiger partial charge on any atom is 0.119 e. The molecule has 0 aromatic heterocycles. The zero-order valence-electron chi connectivity index (χ0n) is 12.6. The van der Waals surface area contributed by atoms with Crippen molar-refractivity contribution in [2.24, 2.45) is 0 Å². The van der Waals surface area contributed by atoms with Crippen molar-refractivity contribution < 1.29 is 9.84 Å². The Morgan fingerprint density at radius 2 is 1.60 bits per heavy atom. The van der Waals surface area contributed by atoms with E-state index >= 15 is 0 Å². The molecule has 0 aliphatic rings. The summed E-state index contributed by atoms with van der Waals surface area (Å²) in [6, 6.07) is 12.1. The molecule has 2 rings (SSSR count). The molecule has 106 valence electrons. The standard InChI is InChI=1S/C18H22O2/c1-12-5-6-14(3)17(9-12)18(19)11-20-16-8-7-13(2)15(4)10-16/h5-10,18-19H,11H2,1-4H3. The van der Waals surface area contributed by atoms with Crippen molar-refractivity contribution in [1.82, 2.24) is 0 Å². The second kappa shape index (κ2) is 6.10. The largest absolute Gasteiger partial charge is 0.491 e. The second-order valence-electron chi connectivity index (χ2n) is 5.43. The van der Waals surface area contributed by atoms with Gasteiger partial charge in [-0.2, -0.15) is 0 Å². The van der Waals surface area contributed by atoms with Crippen molar-refractivity contribution in [2.75, 3.05) is 6.61 Å². The van der Waals surface area contributed by atoms with Gasteiger partial charge in [0.1, 0.15) is 18.5 Å². The van der Waals surface area contributed by atoms with Crippen molar-refractivity contribution in [3.05, 3.63) is 64.2 Å². The molecule has 0 radical (unpaired) electrons. The molecule has 0 aliphatic carbocycles. The van der Waals surface area contributed by atoms with Crippen LogP contribution in [0.2, 0.25) is 0 Å². The minimum Gasteiger partial charge on any atom is -0.491 e. The molecule has 0 amide bonds. The normalized spacial score (nSPS) is 12.2. The first kappa shape index (κ1) is 14.6. The average Bonchev–Trinajstić information content (AvgIpc) is 2.42. The maximum absolute atomic E-state index is 10.3. The number of rotatable bonds is 4. The van der Waals surface area contributed by atoms with Crippen LogP contribution >= 0.6 is 0 Å². The molecule has 1 unspecified atom stereocenters. The quantitative estimate of drug-likeness (QED) is 0.908. The SMILES string of the molecule is Cc1ccc(C)c(C(O)COc2ccc(C)c(C)c2)c1. The molecular weight excluding hydrogens is 248 g/mol. The molecule has 2 aromatic carbocycles. The lowest BCUT2D eigenvalue weighted by molar-refractivity contribution is 0.107. The van der Waals surface area contributed by atoms with E-state index in [1.807, 2.05) is 44.2 Å². The summed E-state index contributed by atoms with van der Waals surface area (Å²) in [5.41, 5.74) is 5.62. The van der Waals surface area contributed by atoms with Gasteiger partial charge in [0.2, 0.25) is 0 Å². The molecule has 0 saturated carbocycles. The fourth-order valence-corrected chi connectivity index (χ4v) is 2.19. The van der Waals surface area contributed by atoms with E-state index in [0.29, 0.717) is 0 Å². The van der Waals surface area contributed by atoms with Crippen LogP contribution in [0.15, 0.2) is 36.4 Å². The van der Waals surface area contributed by atoms with Crippen molar-refractivity contribution in [2.45, 2.75) is 33.8 Å². The van der Waals surface area contributed by atoms with Crippen LogP contribution in [0.3, 0.4) is 0 Å². The molecule has 0 aliphatic heterocycles. The van der Waals surface area contributed by atoms with Crippen LogP contribution in [0.5, 0.6) is 5.75 Å². The Balaban J connectivity index is 2.06. The monoisotopic (exact) mass is 270 g/mol. The highest BCUT2D eigenvalue weighted by Crippen LogP contribution is 2.22. The topological polar surface area (TPSA) is 29.5 Å². The molecule has 20 heavy (non-hydrogen) atoms. The summed E-state index contributed by atoms with van der Waals surface area (Å²) in [5.74, 6) is 0.803. The second-order valence-corrected chi connectivity index (χ2v) is 5.43. The van der Waals surface area contributed by atoms with E-state index in [-0.39, 0.29) is 6.61 Å². The first-order valence-electron chi connectivity index (χ1n) is 6.92. The lowest BCUT2D eigenvalue weighted by Crippen LogP contribution is -2.11. The van der Waals surface area contributed by atoms with Gasteiger partial charge < -0.3 is 9.84 Å². The van der Waals surface area contributed by atoms with Crippen molar-refractivity contribution in [3.8, 4) is 5.75 Å². The molecule has 1 N–H and O–H groups in total. The molecule has 2 heteroatoms. The van der Waals surface area contributed by atoms with Crippen LogP contribution in [-0.2, 0) is 0 Å². The minimum absolute atomic E-state index is 0.271. The Labute approximate surface area is 121 Å². The van der Waals surface area contributed by atoms with Crippen molar-refractivity contribution >= 4 is 0 Å². The summed E-state index contributed by atoms with van der Waals surface area (Å²) in [5, 5.41) is 10.3. The lowest BCUT2D eigenvalue weighted by atomic mass is 10.0. The number of aryl methyl sites for hydroxylation is 4. The van der Waals surface area contributed by atoms with E-state index < -0.39 is 6.10 Å². The highest BCUT2D eigenvalue weighted by molar-refractivity contribution is 5.35. The van der Waals surface area contributed by atoms with Crippen LogP contribution in [0.1, 0.15) is 33.9 Å². The van der Waals surface area contributed by atoms with E-state index in [2.05, 4.69) is 19.9 Å². The molecule has 0 fully saturated rings. The molecular formula is C18H22O2. The average molecular weight is 270 g/mol. The van der Waals surface area contributed by atoms with Gasteiger partial charge in [-0.25, -0.2) is 0 Å². The first-order valence-corrected chi connectivity index (χ1v) is 6.92. The van der Waals surface area contributed by atoms with E-state index in [4.69, 9.17) is 4.74 Å². The Morgan fingerprint density at radius 1 is 0.900 bits per heavy atom. The Bertz CT molecular complexity index is 602. The van der Waals surface area contributed by atoms with Crippen LogP contribution in [-0.4, -0.2) is 11.7 Å². The number of hydrogen-bond donors (Lipinski definition) is 1. The van der Waals surface area contributed by atoms with Gasteiger partial charge in [-0.05, 0) is 62.1 Å². The molecule has 0 saturated heterocycles. The number of aliphatic hydroxyl groups excluding tert-OH is 1. The fourth-order valence-electron chi connectivity index (χ4n) is 2.19. The summed E-state index contributed by atoms with van der Waals surface area (Å²) in [6.45, 7) is 8.44. The number of aliphatic hydroxyl groups is 1. The van der Waals surface area contributed by atoms with Crippen molar-refractivity contribution in [1.29, 1.82) is 0 Å². The van der Waals surface area contributed by atoms with Gasteiger partial charge in [0, 0.05) is 0 Å². The Kier molecular flexibility index (Phi) is 4.46. The minimum atomic E-state index is -0.600. The predicted octanol–water partition coefficient (Wildman–Crippen LogP) is 4.03. The lowest BCUT2D eigenvalue weighted by Gasteiger charge is -2.16. The van der Waals surface area contributed by atoms with Crippen molar-refractivity contribution in [3.63, 3.8) is 0 Å². The van der Waals surface area contributed by atoms with E-state index in [1.54, 1.807) is 0 Å². The van der Waals surface area contributed by atoms with Crippen LogP contribution in [0.4, 0.5) is 0 Å². The fraction of sp³-hybridized carbons (Fsp3) is 0.333. The highest BCUT2D eigenvalue weighted by atomic mass is 16.5. The van der Waals surface area contributed by atoms with Gasteiger partial charge in [-0.1, -0.05) is 29.8 Å². The van der Waals surface area contributed by atoms with Gasteiger partial charge in [0.25, 0.3) is 0 Å². The smallest absolute Gasteiger partial charge is 0.119 e. The van der Waals surface area contributed by atoms with Gasteiger partial charge in [0.15, 0.2) is 0 Å². The third-order valence-electron chi connectivity index (χ3n) is 3.68. The Morgan fingerprint density at radius 3 is 2.30 bits per heavy atom. The number of ether oxygens (including phenoxy) is 1. The van der Waals surface area contributed by atoms with E-state index in [9.17, 15) is 5.11 Å². The molecule has 2 aromatic rings. The Hall–Kier alpha value is -1.80. The molecule has 0 bridgehead atoms. The van der Waals surface area contributed by atoms with Gasteiger partial charge in [0.05, 0.1) is 0 Å². The number of hydrogen-bond acceptors (Lipinski definition) is 2. The maximum atomic E-state index is 10.3. The molecule has 2 nitrogen and oxygen atoms in total. The molecule has 1 atom stereocenters. The van der Waals surface area contributed by atoms with E-state index in [1.165, 1.54) is 11.1 Å².